The molecular weight excluding hydrogens is 388 g/mol. The van der Waals surface area contributed by atoms with E-state index < -0.39 is 0 Å². The molecule has 2 nitrogen and oxygen atoms in total. The van der Waals surface area contributed by atoms with Gasteiger partial charge in [-0.25, -0.2) is 0 Å². The smallest absolute Gasteiger partial charge is 0.0489 e. The highest BCUT2D eigenvalue weighted by atomic mass is 15.1. The van der Waals surface area contributed by atoms with E-state index in [1.807, 2.05) is 0 Å². The molecule has 0 aliphatic carbocycles. The summed E-state index contributed by atoms with van der Waals surface area (Å²) < 4.78 is 2.27. The van der Waals surface area contributed by atoms with E-state index in [0.29, 0.717) is 0 Å². The van der Waals surface area contributed by atoms with Gasteiger partial charge >= 0.3 is 0 Å². The van der Waals surface area contributed by atoms with Crippen LogP contribution in [-0.4, -0.2) is 11.6 Å². The van der Waals surface area contributed by atoms with Crippen molar-refractivity contribution in [1.82, 2.24) is 4.57 Å². The number of rotatable bonds is 3. The minimum absolute atomic E-state index is 1.18. The summed E-state index contributed by atoms with van der Waals surface area (Å²) in [6.07, 6.45) is 0. The fourth-order valence-corrected chi connectivity index (χ4v) is 4.76. The minimum Gasteiger partial charge on any atom is -0.345 e. The van der Waals surface area contributed by atoms with Crippen LogP contribution in [0.4, 0.5) is 11.4 Å². The first-order valence-electron chi connectivity index (χ1n) is 11.0. The number of aromatic nitrogens is 1. The summed E-state index contributed by atoms with van der Waals surface area (Å²) in [7, 11) is 4.27. The van der Waals surface area contributed by atoms with Crippen LogP contribution in [0.3, 0.4) is 0 Å². The van der Waals surface area contributed by atoms with Crippen LogP contribution < -0.4 is 4.90 Å². The third-order valence-corrected chi connectivity index (χ3v) is 6.62. The maximum Gasteiger partial charge on any atom is 0.0489 e. The van der Waals surface area contributed by atoms with Gasteiger partial charge in [0.1, 0.15) is 0 Å². The molecule has 0 atom stereocenters. The molecule has 0 bridgehead atoms. The molecule has 0 aliphatic rings. The van der Waals surface area contributed by atoms with E-state index in [9.17, 15) is 0 Å². The second kappa shape index (κ2) is 7.28. The molecule has 0 N–H and O–H groups in total. The van der Waals surface area contributed by atoms with E-state index >= 15 is 0 Å². The summed E-state index contributed by atoms with van der Waals surface area (Å²) in [5.41, 5.74) is 7.38. The molecule has 2 heteroatoms. The zero-order valence-corrected chi connectivity index (χ0v) is 18.3. The Hall–Kier alpha value is -4.04. The molecule has 6 aromatic rings. The second-order valence-corrected chi connectivity index (χ2v) is 8.45. The van der Waals surface area contributed by atoms with Crippen molar-refractivity contribution in [1.29, 1.82) is 0 Å². The van der Waals surface area contributed by atoms with Crippen molar-refractivity contribution in [2.75, 3.05) is 11.9 Å². The van der Waals surface area contributed by atoms with Gasteiger partial charge in [-0.2, -0.15) is 0 Å². The number of fused-ring (bicyclic) bond motifs is 4. The Balaban J connectivity index is 1.36. The summed E-state index contributed by atoms with van der Waals surface area (Å²) in [5.74, 6) is 0. The van der Waals surface area contributed by atoms with E-state index in [2.05, 4.69) is 133 Å². The third kappa shape index (κ3) is 2.96. The molecule has 6 rings (SSSR count). The number of aryl methyl sites for hydroxylation is 1. The van der Waals surface area contributed by atoms with Gasteiger partial charge in [0.15, 0.2) is 0 Å². The average Bonchev–Trinajstić information content (AvgIpc) is 3.15. The summed E-state index contributed by atoms with van der Waals surface area (Å²) in [5, 5.41) is 5.14. The van der Waals surface area contributed by atoms with Crippen molar-refractivity contribution in [3.05, 3.63) is 109 Å². The van der Waals surface area contributed by atoms with Gasteiger partial charge in [0.2, 0.25) is 0 Å². The first-order valence-corrected chi connectivity index (χ1v) is 11.0. The lowest BCUT2D eigenvalue weighted by Crippen LogP contribution is -2.09. The van der Waals surface area contributed by atoms with E-state index in [0.717, 1.165) is 0 Å². The largest absolute Gasteiger partial charge is 0.345 e. The molecule has 0 unspecified atom stereocenters. The molecule has 0 saturated carbocycles. The van der Waals surface area contributed by atoms with E-state index in [-0.39, 0.29) is 0 Å². The Morgan fingerprint density at radius 3 is 2.03 bits per heavy atom. The number of para-hydroxylation sites is 1. The number of benzene rings is 5. The van der Waals surface area contributed by atoms with E-state index in [1.165, 1.54) is 55.1 Å². The predicted octanol–water partition coefficient (Wildman–Crippen LogP) is 7.92. The van der Waals surface area contributed by atoms with Crippen molar-refractivity contribution < 1.29 is 0 Å². The van der Waals surface area contributed by atoms with Gasteiger partial charge in [-0.1, -0.05) is 66.7 Å². The van der Waals surface area contributed by atoms with Crippen LogP contribution in [0.2, 0.25) is 0 Å². The van der Waals surface area contributed by atoms with Gasteiger partial charge in [0.05, 0.1) is 0 Å². The molecule has 0 aliphatic heterocycles. The summed E-state index contributed by atoms with van der Waals surface area (Å²) >= 11 is 0. The SMILES string of the molecule is CN(c1ccc(-c2ccc3c(c2)c2ccccc2n3C)cc1)c1ccc2ccccc2c1. The van der Waals surface area contributed by atoms with E-state index in [4.69, 9.17) is 0 Å². The fraction of sp³-hybridized carbons (Fsp3) is 0.0667. The van der Waals surface area contributed by atoms with Gasteiger partial charge in [-0.05, 0) is 64.4 Å². The third-order valence-electron chi connectivity index (χ3n) is 6.62. The van der Waals surface area contributed by atoms with Crippen LogP contribution >= 0.6 is 0 Å². The van der Waals surface area contributed by atoms with Crippen LogP contribution in [0.5, 0.6) is 0 Å². The summed E-state index contributed by atoms with van der Waals surface area (Å²) in [6.45, 7) is 0. The summed E-state index contributed by atoms with van der Waals surface area (Å²) in [4.78, 5) is 2.24. The Morgan fingerprint density at radius 1 is 0.531 bits per heavy atom. The van der Waals surface area contributed by atoms with Crippen molar-refractivity contribution >= 4 is 44.0 Å². The second-order valence-electron chi connectivity index (χ2n) is 8.45. The molecule has 1 aromatic heterocycles. The first-order chi connectivity index (χ1) is 15.7. The highest BCUT2D eigenvalue weighted by Gasteiger charge is 2.10. The molecular formula is C30H24N2. The Labute approximate surface area is 187 Å². The van der Waals surface area contributed by atoms with Crippen LogP contribution in [0.15, 0.2) is 109 Å². The van der Waals surface area contributed by atoms with E-state index in [1.54, 1.807) is 0 Å². The molecule has 32 heavy (non-hydrogen) atoms. The maximum atomic E-state index is 2.32. The Kier molecular flexibility index (Phi) is 4.26. The standard InChI is InChI=1S/C30H24N2/c1-31(26-17-13-21-7-3-4-8-23(21)19-26)25-15-11-22(12-16-25)24-14-18-30-28(20-24)27-9-5-6-10-29(27)32(30)2/h3-20H,1-2H3. The van der Waals surface area contributed by atoms with Crippen molar-refractivity contribution in [3.63, 3.8) is 0 Å². The lowest BCUT2D eigenvalue weighted by atomic mass is 10.0. The first kappa shape index (κ1) is 18.7. The zero-order chi connectivity index (χ0) is 21.7. The quantitative estimate of drug-likeness (QED) is 0.287. The number of hydrogen-bond acceptors (Lipinski definition) is 1. The highest BCUT2D eigenvalue weighted by molar-refractivity contribution is 6.09. The Morgan fingerprint density at radius 2 is 1.19 bits per heavy atom. The van der Waals surface area contributed by atoms with Crippen LogP contribution in [0.25, 0.3) is 43.7 Å². The molecule has 0 fully saturated rings. The van der Waals surface area contributed by atoms with Crippen molar-refractivity contribution in [3.8, 4) is 11.1 Å². The van der Waals surface area contributed by atoms with Gasteiger partial charge in [-0.15, -0.1) is 0 Å². The van der Waals surface area contributed by atoms with Gasteiger partial charge in [0.25, 0.3) is 0 Å². The maximum absolute atomic E-state index is 2.32. The normalized spacial score (nSPS) is 11.4. The number of nitrogens with zero attached hydrogens (tertiary/aromatic N) is 2. The lowest BCUT2D eigenvalue weighted by molar-refractivity contribution is 1.01. The van der Waals surface area contributed by atoms with Crippen LogP contribution in [0, 0.1) is 0 Å². The lowest BCUT2D eigenvalue weighted by Gasteiger charge is -2.20. The minimum atomic E-state index is 1.18. The molecule has 154 valence electrons. The van der Waals surface area contributed by atoms with Crippen molar-refractivity contribution in [2.24, 2.45) is 7.05 Å². The number of hydrogen-bond donors (Lipinski definition) is 0. The Bertz CT molecular complexity index is 1590. The predicted molar refractivity (Wildman–Crippen MR) is 138 cm³/mol. The molecule has 0 saturated heterocycles. The van der Waals surface area contributed by atoms with Crippen LogP contribution in [0.1, 0.15) is 0 Å². The zero-order valence-electron chi connectivity index (χ0n) is 18.3. The van der Waals surface area contributed by atoms with Crippen molar-refractivity contribution in [2.45, 2.75) is 0 Å². The molecule has 1 heterocycles. The number of anilines is 2. The molecule has 0 spiro atoms. The fourth-order valence-electron chi connectivity index (χ4n) is 4.76. The topological polar surface area (TPSA) is 8.17 Å². The van der Waals surface area contributed by atoms with Gasteiger partial charge in [-0.3, -0.25) is 0 Å². The summed E-state index contributed by atoms with van der Waals surface area (Å²) in [6, 6.07) is 39.4. The molecule has 0 amide bonds. The van der Waals surface area contributed by atoms with Gasteiger partial charge < -0.3 is 9.47 Å². The highest BCUT2D eigenvalue weighted by Crippen LogP contribution is 2.33. The van der Waals surface area contributed by atoms with Crippen LogP contribution in [-0.2, 0) is 7.05 Å². The average molecular weight is 413 g/mol. The van der Waals surface area contributed by atoms with Gasteiger partial charge in [0, 0.05) is 47.3 Å². The molecule has 5 aromatic carbocycles. The molecule has 0 radical (unpaired) electrons. The monoisotopic (exact) mass is 412 g/mol.